The van der Waals surface area contributed by atoms with E-state index in [1.54, 1.807) is 16.8 Å². The Morgan fingerprint density at radius 1 is 1.22 bits per heavy atom. The zero-order chi connectivity index (χ0) is 23.0. The third kappa shape index (κ3) is 4.67. The van der Waals surface area contributed by atoms with Gasteiger partial charge in [0.05, 0.1) is 0 Å². The van der Waals surface area contributed by atoms with Gasteiger partial charge in [-0.1, -0.05) is 52.1 Å². The number of benzene rings is 1. The van der Waals surface area contributed by atoms with Gasteiger partial charge in [0.1, 0.15) is 10.7 Å². The fourth-order valence-electron chi connectivity index (χ4n) is 4.03. The number of nitrogens with zero attached hydrogens (tertiary/aromatic N) is 3. The van der Waals surface area contributed by atoms with Gasteiger partial charge in [-0.25, -0.2) is 4.98 Å². The van der Waals surface area contributed by atoms with Crippen LogP contribution in [0.15, 0.2) is 40.2 Å². The molecule has 1 saturated carbocycles. The fraction of sp³-hybridized carbons (Fsp3) is 0.480. The quantitative estimate of drug-likeness (QED) is 0.388. The molecule has 0 radical (unpaired) electrons. The van der Waals surface area contributed by atoms with Gasteiger partial charge in [0.2, 0.25) is 5.95 Å². The van der Waals surface area contributed by atoms with Crippen molar-refractivity contribution in [2.75, 3.05) is 5.32 Å². The normalized spacial score (nSPS) is 15.1. The standard InChI is InChI=1S/C25H31ClN4OS/c1-15(2)25(4,5)32-19-10-11-21(16(3)12-19)28-24-27-14-17-13-20(26)23(31)30(22(17)29-24)18-8-6-7-9-18/h10-15,18H,6-9H2,1-5H3,(H,27,28,29). The zero-order valence-electron chi connectivity index (χ0n) is 19.4. The summed E-state index contributed by atoms with van der Waals surface area (Å²) in [5.74, 6) is 1.06. The van der Waals surface area contributed by atoms with E-state index in [-0.39, 0.29) is 21.4 Å². The van der Waals surface area contributed by atoms with Crippen LogP contribution in [0.2, 0.25) is 5.02 Å². The summed E-state index contributed by atoms with van der Waals surface area (Å²) in [6, 6.07) is 8.23. The second-order valence-electron chi connectivity index (χ2n) is 9.54. The predicted octanol–water partition coefficient (Wildman–Crippen LogP) is 7.14. The Labute approximate surface area is 199 Å². The molecular weight excluding hydrogens is 440 g/mol. The average Bonchev–Trinajstić information content (AvgIpc) is 3.25. The van der Waals surface area contributed by atoms with Crippen LogP contribution in [-0.2, 0) is 0 Å². The van der Waals surface area contributed by atoms with Crippen LogP contribution in [0.5, 0.6) is 0 Å². The van der Waals surface area contributed by atoms with Crippen LogP contribution in [0.3, 0.4) is 0 Å². The first kappa shape index (κ1) is 23.1. The highest BCUT2D eigenvalue weighted by molar-refractivity contribution is 8.00. The number of hydrogen-bond donors (Lipinski definition) is 1. The first-order chi connectivity index (χ1) is 15.2. The van der Waals surface area contributed by atoms with E-state index in [1.807, 2.05) is 11.8 Å². The van der Waals surface area contributed by atoms with E-state index >= 15 is 0 Å². The fourth-order valence-corrected chi connectivity index (χ4v) is 5.45. The molecule has 32 heavy (non-hydrogen) atoms. The highest BCUT2D eigenvalue weighted by Gasteiger charge is 2.24. The number of aryl methyl sites for hydroxylation is 1. The summed E-state index contributed by atoms with van der Waals surface area (Å²) in [6.45, 7) is 11.2. The molecule has 0 bridgehead atoms. The van der Waals surface area contributed by atoms with Crippen molar-refractivity contribution in [2.24, 2.45) is 5.92 Å². The number of thioether (sulfide) groups is 1. The number of halogens is 1. The van der Waals surface area contributed by atoms with Crippen molar-refractivity contribution >= 4 is 46.0 Å². The number of nitrogens with one attached hydrogen (secondary N) is 1. The summed E-state index contributed by atoms with van der Waals surface area (Å²) in [4.78, 5) is 23.3. The number of rotatable bonds is 6. The molecule has 2 aromatic heterocycles. The molecule has 5 nitrogen and oxygen atoms in total. The van der Waals surface area contributed by atoms with Gasteiger partial charge < -0.3 is 5.32 Å². The predicted molar refractivity (Wildman–Crippen MR) is 136 cm³/mol. The first-order valence-electron chi connectivity index (χ1n) is 11.3. The molecular formula is C25H31ClN4OS. The van der Waals surface area contributed by atoms with Crippen molar-refractivity contribution in [1.29, 1.82) is 0 Å². The highest BCUT2D eigenvalue weighted by Crippen LogP contribution is 2.39. The van der Waals surface area contributed by atoms with E-state index in [4.69, 9.17) is 16.6 Å². The minimum Gasteiger partial charge on any atom is -0.324 e. The number of fused-ring (bicyclic) bond motifs is 1. The second kappa shape index (κ2) is 9.06. The maximum Gasteiger partial charge on any atom is 0.271 e. The first-order valence-corrected chi connectivity index (χ1v) is 12.5. The van der Waals surface area contributed by atoms with E-state index in [2.05, 4.69) is 63.1 Å². The SMILES string of the molecule is Cc1cc(SC(C)(C)C(C)C)ccc1Nc1ncc2cc(Cl)c(=O)n(C3CCCC3)c2n1. The van der Waals surface area contributed by atoms with Crippen LogP contribution >= 0.6 is 23.4 Å². The van der Waals surface area contributed by atoms with E-state index < -0.39 is 0 Å². The maximum atomic E-state index is 12.8. The Kier molecular flexibility index (Phi) is 6.55. The van der Waals surface area contributed by atoms with Crippen LogP contribution in [-0.4, -0.2) is 19.3 Å². The van der Waals surface area contributed by atoms with Crippen molar-refractivity contribution in [3.05, 3.63) is 51.4 Å². The van der Waals surface area contributed by atoms with Gasteiger partial charge in [-0.15, -0.1) is 11.8 Å². The van der Waals surface area contributed by atoms with Crippen LogP contribution in [0.1, 0.15) is 65.0 Å². The molecule has 0 amide bonds. The topological polar surface area (TPSA) is 59.8 Å². The van der Waals surface area contributed by atoms with Crippen LogP contribution in [0, 0.1) is 12.8 Å². The highest BCUT2D eigenvalue weighted by atomic mass is 35.5. The Bertz CT molecular complexity index is 1200. The lowest BCUT2D eigenvalue weighted by Gasteiger charge is -2.28. The molecule has 1 aliphatic carbocycles. The number of anilines is 2. The molecule has 3 aromatic rings. The molecule has 0 aliphatic heterocycles. The summed E-state index contributed by atoms with van der Waals surface area (Å²) >= 11 is 8.13. The van der Waals surface area contributed by atoms with Crippen molar-refractivity contribution < 1.29 is 0 Å². The van der Waals surface area contributed by atoms with Crippen LogP contribution in [0.25, 0.3) is 11.0 Å². The smallest absolute Gasteiger partial charge is 0.271 e. The molecule has 1 aromatic carbocycles. The number of aromatic nitrogens is 3. The van der Waals surface area contributed by atoms with E-state index in [1.165, 1.54) is 4.90 Å². The van der Waals surface area contributed by atoms with Crippen molar-refractivity contribution in [3.63, 3.8) is 0 Å². The lowest BCUT2D eigenvalue weighted by molar-refractivity contribution is 0.504. The Morgan fingerprint density at radius 2 is 1.94 bits per heavy atom. The van der Waals surface area contributed by atoms with Crippen molar-refractivity contribution in [3.8, 4) is 0 Å². The van der Waals surface area contributed by atoms with E-state index in [9.17, 15) is 4.79 Å². The summed E-state index contributed by atoms with van der Waals surface area (Å²) in [5.41, 5.74) is 2.57. The zero-order valence-corrected chi connectivity index (χ0v) is 21.0. The molecule has 0 atom stereocenters. The van der Waals surface area contributed by atoms with Crippen LogP contribution < -0.4 is 10.9 Å². The minimum absolute atomic E-state index is 0.147. The summed E-state index contributed by atoms with van der Waals surface area (Å²) < 4.78 is 1.94. The van der Waals surface area contributed by atoms with Gasteiger partial charge >= 0.3 is 0 Å². The Hall–Kier alpha value is -2.05. The number of pyridine rings is 1. The summed E-state index contributed by atoms with van der Waals surface area (Å²) in [5, 5.41) is 4.36. The van der Waals surface area contributed by atoms with Crippen molar-refractivity contribution in [2.45, 2.75) is 76.0 Å². The minimum atomic E-state index is -0.166. The third-order valence-corrected chi connectivity index (χ3v) is 8.39. The van der Waals surface area contributed by atoms with Crippen LogP contribution in [0.4, 0.5) is 11.6 Å². The Balaban J connectivity index is 1.66. The largest absolute Gasteiger partial charge is 0.324 e. The Morgan fingerprint density at radius 3 is 2.59 bits per heavy atom. The van der Waals surface area contributed by atoms with E-state index in [0.717, 1.165) is 42.3 Å². The lowest BCUT2D eigenvalue weighted by Crippen LogP contribution is -2.25. The second-order valence-corrected chi connectivity index (χ2v) is 11.7. The van der Waals surface area contributed by atoms with Gasteiger partial charge in [0, 0.05) is 33.0 Å². The molecule has 1 N–H and O–H groups in total. The third-order valence-electron chi connectivity index (χ3n) is 6.63. The van der Waals surface area contributed by atoms with E-state index in [0.29, 0.717) is 17.5 Å². The molecule has 0 unspecified atom stereocenters. The molecule has 0 spiro atoms. The van der Waals surface area contributed by atoms with Gasteiger partial charge in [0.25, 0.3) is 5.56 Å². The molecule has 1 aliphatic rings. The van der Waals surface area contributed by atoms with Crippen molar-refractivity contribution in [1.82, 2.24) is 14.5 Å². The maximum absolute atomic E-state index is 12.8. The summed E-state index contributed by atoms with van der Waals surface area (Å²) in [6.07, 6.45) is 5.95. The summed E-state index contributed by atoms with van der Waals surface area (Å²) in [7, 11) is 0. The molecule has 1 fully saturated rings. The molecule has 2 heterocycles. The van der Waals surface area contributed by atoms with Gasteiger partial charge in [-0.3, -0.25) is 9.36 Å². The van der Waals surface area contributed by atoms with Gasteiger partial charge in [0.15, 0.2) is 0 Å². The average molecular weight is 471 g/mol. The molecule has 170 valence electrons. The number of hydrogen-bond acceptors (Lipinski definition) is 5. The monoisotopic (exact) mass is 470 g/mol. The molecule has 0 saturated heterocycles. The molecule has 4 rings (SSSR count). The van der Waals surface area contributed by atoms with Gasteiger partial charge in [-0.2, -0.15) is 4.98 Å². The lowest BCUT2D eigenvalue weighted by atomic mass is 10.00. The van der Waals surface area contributed by atoms with Gasteiger partial charge in [-0.05, 0) is 55.5 Å². The molecule has 7 heteroatoms.